The molecule has 2 rings (SSSR count). The van der Waals surface area contributed by atoms with E-state index in [0.29, 0.717) is 25.0 Å². The van der Waals surface area contributed by atoms with Crippen LogP contribution in [0.1, 0.15) is 26.2 Å². The van der Waals surface area contributed by atoms with Crippen molar-refractivity contribution in [3.8, 4) is 0 Å². The molecule has 0 aliphatic carbocycles. The fourth-order valence-electron chi connectivity index (χ4n) is 2.82. The molecule has 1 unspecified atom stereocenters. The van der Waals surface area contributed by atoms with Crippen molar-refractivity contribution in [3.63, 3.8) is 0 Å². The fraction of sp³-hybridized carbons (Fsp3) is 0.733. The molecule has 6 heteroatoms. The van der Waals surface area contributed by atoms with Crippen LogP contribution in [0, 0.1) is 0 Å². The number of hydrogen-bond acceptors (Lipinski definition) is 5. The van der Waals surface area contributed by atoms with Gasteiger partial charge in [0.1, 0.15) is 0 Å². The van der Waals surface area contributed by atoms with E-state index in [0.717, 1.165) is 32.5 Å². The first-order chi connectivity index (χ1) is 10.3. The second-order valence-electron chi connectivity index (χ2n) is 5.38. The Kier molecular flexibility index (Phi) is 6.20. The third-order valence-corrected chi connectivity index (χ3v) is 4.00. The van der Waals surface area contributed by atoms with Crippen LogP contribution >= 0.6 is 0 Å². The van der Waals surface area contributed by atoms with Crippen molar-refractivity contribution in [2.45, 2.75) is 38.8 Å². The zero-order valence-electron chi connectivity index (χ0n) is 13.0. The van der Waals surface area contributed by atoms with Crippen molar-refractivity contribution < 1.29 is 4.74 Å². The number of nitrogens with zero attached hydrogens (tertiary/aromatic N) is 3. The topological polar surface area (TPSA) is 59.4 Å². The Hall–Kier alpha value is -1.40. The number of rotatable bonds is 7. The van der Waals surface area contributed by atoms with E-state index in [-0.39, 0.29) is 5.56 Å². The highest BCUT2D eigenvalue weighted by Crippen LogP contribution is 2.20. The average molecular weight is 294 g/mol. The highest BCUT2D eigenvalue weighted by molar-refractivity contribution is 5.38. The third-order valence-electron chi connectivity index (χ3n) is 4.00. The third kappa shape index (κ3) is 4.04. The maximum atomic E-state index is 12.4. The second-order valence-corrected chi connectivity index (χ2v) is 5.38. The number of methoxy groups -OCH3 is 1. The molecule has 118 valence electrons. The zero-order valence-corrected chi connectivity index (χ0v) is 13.0. The van der Waals surface area contributed by atoms with Gasteiger partial charge >= 0.3 is 0 Å². The minimum Gasteiger partial charge on any atom is -0.383 e. The van der Waals surface area contributed by atoms with Crippen molar-refractivity contribution in [2.75, 3.05) is 38.3 Å². The number of nitrogens with one attached hydrogen (secondary N) is 1. The van der Waals surface area contributed by atoms with Gasteiger partial charge in [0.2, 0.25) is 0 Å². The highest BCUT2D eigenvalue weighted by atomic mass is 16.5. The normalized spacial score (nSPS) is 19.0. The summed E-state index contributed by atoms with van der Waals surface area (Å²) in [6.45, 7) is 5.98. The lowest BCUT2D eigenvalue weighted by Gasteiger charge is -2.36. The van der Waals surface area contributed by atoms with Gasteiger partial charge in [-0.3, -0.25) is 4.79 Å². The van der Waals surface area contributed by atoms with Crippen molar-refractivity contribution in [3.05, 3.63) is 22.7 Å². The monoisotopic (exact) mass is 294 g/mol. The Morgan fingerprint density at radius 3 is 3.10 bits per heavy atom. The van der Waals surface area contributed by atoms with Crippen LogP contribution in [-0.4, -0.2) is 48.9 Å². The van der Waals surface area contributed by atoms with Crippen LogP contribution in [0.2, 0.25) is 0 Å². The molecular formula is C15H26N4O2. The molecule has 0 amide bonds. The second kappa shape index (κ2) is 8.14. The standard InChI is InChI=1S/C15H26N4O2/c1-3-18-10-7-17-14(15(18)20)19-9-5-4-6-13(19)12-16-8-11-21-2/h7,10,13,16H,3-6,8-9,11-12H2,1-2H3. The van der Waals surface area contributed by atoms with Crippen molar-refractivity contribution in [1.29, 1.82) is 0 Å². The lowest BCUT2D eigenvalue weighted by molar-refractivity contribution is 0.198. The van der Waals surface area contributed by atoms with E-state index >= 15 is 0 Å². The summed E-state index contributed by atoms with van der Waals surface area (Å²) in [5, 5.41) is 3.40. The van der Waals surface area contributed by atoms with Crippen LogP contribution in [-0.2, 0) is 11.3 Å². The molecule has 0 bridgehead atoms. The molecule has 6 nitrogen and oxygen atoms in total. The Morgan fingerprint density at radius 1 is 1.48 bits per heavy atom. The number of anilines is 1. The molecule has 1 aliphatic rings. The van der Waals surface area contributed by atoms with Gasteiger partial charge in [0.25, 0.3) is 5.56 Å². The molecule has 1 N–H and O–H groups in total. The summed E-state index contributed by atoms with van der Waals surface area (Å²) >= 11 is 0. The Bertz CT molecular complexity index is 489. The summed E-state index contributed by atoms with van der Waals surface area (Å²) in [6, 6.07) is 0.337. The number of aromatic nitrogens is 2. The van der Waals surface area contributed by atoms with Gasteiger partial charge in [0.05, 0.1) is 6.61 Å². The van der Waals surface area contributed by atoms with Crippen LogP contribution in [0.5, 0.6) is 0 Å². The van der Waals surface area contributed by atoms with Gasteiger partial charge in [-0.1, -0.05) is 0 Å². The van der Waals surface area contributed by atoms with E-state index < -0.39 is 0 Å². The van der Waals surface area contributed by atoms with E-state index in [1.54, 1.807) is 24.1 Å². The van der Waals surface area contributed by atoms with Gasteiger partial charge in [-0.05, 0) is 26.2 Å². The molecule has 0 saturated carbocycles. The Balaban J connectivity index is 2.09. The van der Waals surface area contributed by atoms with Gasteiger partial charge < -0.3 is 19.5 Å². The number of ether oxygens (including phenoxy) is 1. The summed E-state index contributed by atoms with van der Waals surface area (Å²) in [5.41, 5.74) is 0.0174. The van der Waals surface area contributed by atoms with Gasteiger partial charge in [-0.2, -0.15) is 0 Å². The molecular weight excluding hydrogens is 268 g/mol. The summed E-state index contributed by atoms with van der Waals surface area (Å²) in [4.78, 5) is 19.0. The molecule has 0 radical (unpaired) electrons. The van der Waals surface area contributed by atoms with E-state index in [1.165, 1.54) is 6.42 Å². The van der Waals surface area contributed by atoms with Gasteiger partial charge in [-0.15, -0.1) is 0 Å². The van der Waals surface area contributed by atoms with Crippen molar-refractivity contribution in [1.82, 2.24) is 14.9 Å². The van der Waals surface area contributed by atoms with E-state index in [9.17, 15) is 4.79 Å². The molecule has 0 spiro atoms. The van der Waals surface area contributed by atoms with Crippen LogP contribution in [0.4, 0.5) is 5.82 Å². The molecule has 1 aromatic heterocycles. The smallest absolute Gasteiger partial charge is 0.293 e. The quantitative estimate of drug-likeness (QED) is 0.756. The number of hydrogen-bond donors (Lipinski definition) is 1. The first-order valence-corrected chi connectivity index (χ1v) is 7.79. The van der Waals surface area contributed by atoms with Crippen molar-refractivity contribution in [2.24, 2.45) is 0 Å². The molecule has 1 aliphatic heterocycles. The van der Waals surface area contributed by atoms with E-state index in [4.69, 9.17) is 4.74 Å². The van der Waals surface area contributed by atoms with E-state index in [1.807, 2.05) is 6.92 Å². The van der Waals surface area contributed by atoms with Crippen LogP contribution < -0.4 is 15.8 Å². The SMILES string of the molecule is CCn1ccnc(N2CCCCC2CNCCOC)c1=O. The first kappa shape index (κ1) is 16.0. The molecule has 1 aromatic rings. The van der Waals surface area contributed by atoms with Crippen LogP contribution in [0.3, 0.4) is 0 Å². The predicted molar refractivity (Wildman–Crippen MR) is 83.9 cm³/mol. The lowest BCUT2D eigenvalue weighted by Crippen LogP contribution is -2.48. The number of aryl methyl sites for hydroxylation is 1. The van der Waals surface area contributed by atoms with Crippen LogP contribution in [0.15, 0.2) is 17.2 Å². The maximum absolute atomic E-state index is 12.4. The molecule has 2 heterocycles. The molecule has 1 saturated heterocycles. The minimum atomic E-state index is 0.0174. The fourth-order valence-corrected chi connectivity index (χ4v) is 2.82. The predicted octanol–water partition coefficient (Wildman–Crippen LogP) is 0.858. The largest absolute Gasteiger partial charge is 0.383 e. The van der Waals surface area contributed by atoms with Crippen molar-refractivity contribution >= 4 is 5.82 Å². The summed E-state index contributed by atoms with van der Waals surface area (Å²) in [5.74, 6) is 0.595. The lowest BCUT2D eigenvalue weighted by atomic mass is 10.0. The van der Waals surface area contributed by atoms with Gasteiger partial charge in [0.15, 0.2) is 5.82 Å². The Morgan fingerprint density at radius 2 is 2.33 bits per heavy atom. The average Bonchev–Trinajstić information content (AvgIpc) is 2.52. The van der Waals surface area contributed by atoms with E-state index in [2.05, 4.69) is 15.2 Å². The molecule has 1 fully saturated rings. The zero-order chi connectivity index (χ0) is 15.1. The van der Waals surface area contributed by atoms with Gasteiger partial charge in [-0.25, -0.2) is 4.98 Å². The highest BCUT2D eigenvalue weighted by Gasteiger charge is 2.25. The molecule has 0 aromatic carbocycles. The Labute approximate surface area is 126 Å². The molecule has 21 heavy (non-hydrogen) atoms. The maximum Gasteiger partial charge on any atom is 0.293 e. The van der Waals surface area contributed by atoms with Gasteiger partial charge in [0, 0.05) is 51.7 Å². The first-order valence-electron chi connectivity index (χ1n) is 7.79. The molecule has 1 atom stereocenters. The minimum absolute atomic E-state index is 0.0174. The summed E-state index contributed by atoms with van der Waals surface area (Å²) in [7, 11) is 1.70. The van der Waals surface area contributed by atoms with Crippen LogP contribution in [0.25, 0.3) is 0 Å². The summed E-state index contributed by atoms with van der Waals surface area (Å²) < 4.78 is 6.76. The number of piperidine rings is 1. The summed E-state index contributed by atoms with van der Waals surface area (Å²) in [6.07, 6.45) is 6.91.